The Morgan fingerprint density at radius 1 is 1.07 bits per heavy atom. The fourth-order valence-electron chi connectivity index (χ4n) is 3.56. The van der Waals surface area contributed by atoms with Gasteiger partial charge < -0.3 is 16.2 Å². The van der Waals surface area contributed by atoms with Crippen LogP contribution in [0, 0.1) is 0 Å². The van der Waals surface area contributed by atoms with Crippen LogP contribution < -0.4 is 16.2 Å². The minimum Gasteiger partial charge on any atom is -0.494 e. The van der Waals surface area contributed by atoms with Crippen LogP contribution in [0.25, 0.3) is 0 Å². The third-order valence-electron chi connectivity index (χ3n) is 5.04. The van der Waals surface area contributed by atoms with Crippen molar-refractivity contribution in [3.63, 3.8) is 0 Å². The number of benzene rings is 1. The molecule has 0 saturated heterocycles. The minimum absolute atomic E-state index is 0.143. The standard InChI is InChI=1S/C20H31N5O2/c1-19(2,3)15-7-9-16(10-8-15)26-13-6-14-27-25-18(22)23-17(21)24-20(25)11-4-5-12-20/h7-10H,4-6,11-14H2,1-3H3,(H4,21,22,23,24). The Balaban J connectivity index is 1.47. The molecule has 27 heavy (non-hydrogen) atoms. The van der Waals surface area contributed by atoms with Crippen LogP contribution in [-0.4, -0.2) is 35.9 Å². The summed E-state index contributed by atoms with van der Waals surface area (Å²) in [5.74, 6) is 1.38. The van der Waals surface area contributed by atoms with E-state index >= 15 is 0 Å². The molecule has 0 radical (unpaired) electrons. The van der Waals surface area contributed by atoms with Gasteiger partial charge in [0.15, 0.2) is 5.66 Å². The average molecular weight is 374 g/mol. The lowest BCUT2D eigenvalue weighted by molar-refractivity contribution is -0.167. The van der Waals surface area contributed by atoms with Gasteiger partial charge in [0.05, 0.1) is 13.2 Å². The molecule has 1 saturated carbocycles. The van der Waals surface area contributed by atoms with Gasteiger partial charge in [-0.1, -0.05) is 32.9 Å². The van der Waals surface area contributed by atoms with Crippen molar-refractivity contribution < 1.29 is 9.57 Å². The van der Waals surface area contributed by atoms with Crippen molar-refractivity contribution in [2.75, 3.05) is 13.2 Å². The zero-order chi connectivity index (χ0) is 19.5. The largest absolute Gasteiger partial charge is 0.494 e. The number of nitrogens with two attached hydrogens (primary N) is 2. The molecule has 1 heterocycles. The van der Waals surface area contributed by atoms with Gasteiger partial charge in [0, 0.05) is 6.42 Å². The van der Waals surface area contributed by atoms with Crippen LogP contribution in [0.4, 0.5) is 0 Å². The average Bonchev–Trinajstić information content (AvgIpc) is 3.05. The van der Waals surface area contributed by atoms with E-state index < -0.39 is 5.66 Å². The zero-order valence-corrected chi connectivity index (χ0v) is 16.6. The molecule has 7 heteroatoms. The van der Waals surface area contributed by atoms with E-state index in [1.165, 1.54) is 5.56 Å². The first-order chi connectivity index (χ1) is 12.8. The summed E-state index contributed by atoms with van der Waals surface area (Å²) in [6.45, 7) is 7.64. The monoisotopic (exact) mass is 373 g/mol. The fraction of sp³-hybridized carbons (Fsp3) is 0.600. The molecular formula is C20H31N5O2. The van der Waals surface area contributed by atoms with Gasteiger partial charge in [0.1, 0.15) is 5.75 Å². The second-order valence-electron chi connectivity index (χ2n) is 8.23. The van der Waals surface area contributed by atoms with Crippen LogP contribution in [0.15, 0.2) is 34.3 Å². The van der Waals surface area contributed by atoms with Gasteiger partial charge >= 0.3 is 0 Å². The summed E-state index contributed by atoms with van der Waals surface area (Å²) < 4.78 is 5.82. The Labute approximate surface area is 161 Å². The Bertz CT molecular complexity index is 700. The number of hydrogen-bond donors (Lipinski definition) is 2. The maximum Gasteiger partial charge on any atom is 0.226 e. The van der Waals surface area contributed by atoms with Crippen molar-refractivity contribution in [3.8, 4) is 5.75 Å². The lowest BCUT2D eigenvalue weighted by atomic mass is 9.87. The molecule has 4 N–H and O–H groups in total. The SMILES string of the molecule is CC(C)(C)c1ccc(OCCCON2C(N)=NC(N)=NC23CCCC3)cc1. The normalized spacial score (nSPS) is 19.1. The Morgan fingerprint density at radius 3 is 2.37 bits per heavy atom. The second-order valence-corrected chi connectivity index (χ2v) is 8.23. The predicted molar refractivity (Wildman–Crippen MR) is 107 cm³/mol. The summed E-state index contributed by atoms with van der Waals surface area (Å²) >= 11 is 0. The molecule has 2 aliphatic rings. The Kier molecular flexibility index (Phi) is 5.60. The third-order valence-corrected chi connectivity index (χ3v) is 5.04. The summed E-state index contributed by atoms with van der Waals surface area (Å²) in [5.41, 5.74) is 12.8. The van der Waals surface area contributed by atoms with Gasteiger partial charge in [0.25, 0.3) is 0 Å². The molecule has 0 unspecified atom stereocenters. The third kappa shape index (κ3) is 4.53. The van der Waals surface area contributed by atoms with E-state index in [9.17, 15) is 0 Å². The van der Waals surface area contributed by atoms with Crippen LogP contribution in [-0.2, 0) is 10.3 Å². The van der Waals surface area contributed by atoms with E-state index in [1.807, 2.05) is 12.1 Å². The number of nitrogens with zero attached hydrogens (tertiary/aromatic N) is 3. The molecule has 1 aromatic carbocycles. The minimum atomic E-state index is -0.487. The lowest BCUT2D eigenvalue weighted by Crippen LogP contribution is -2.55. The maximum absolute atomic E-state index is 6.04. The quantitative estimate of drug-likeness (QED) is 0.747. The highest BCUT2D eigenvalue weighted by atomic mass is 16.7. The van der Waals surface area contributed by atoms with Gasteiger partial charge in [0.2, 0.25) is 11.9 Å². The molecule has 0 amide bonds. The Morgan fingerprint density at radius 2 is 1.74 bits per heavy atom. The van der Waals surface area contributed by atoms with E-state index in [2.05, 4.69) is 42.9 Å². The highest BCUT2D eigenvalue weighted by molar-refractivity contribution is 5.95. The summed E-state index contributed by atoms with van der Waals surface area (Å²) in [4.78, 5) is 14.5. The summed E-state index contributed by atoms with van der Waals surface area (Å²) in [6.07, 6.45) is 4.65. The maximum atomic E-state index is 6.04. The highest BCUT2D eigenvalue weighted by Crippen LogP contribution is 2.38. The molecule has 0 bridgehead atoms. The topological polar surface area (TPSA) is 98.5 Å². The number of ether oxygens (including phenoxy) is 1. The lowest BCUT2D eigenvalue weighted by Gasteiger charge is -2.39. The van der Waals surface area contributed by atoms with E-state index in [4.69, 9.17) is 21.0 Å². The molecule has 148 valence electrons. The van der Waals surface area contributed by atoms with Gasteiger partial charge in [-0.3, -0.25) is 4.84 Å². The first-order valence-corrected chi connectivity index (χ1v) is 9.66. The van der Waals surface area contributed by atoms with Gasteiger partial charge in [-0.15, -0.1) is 0 Å². The van der Waals surface area contributed by atoms with Crippen molar-refractivity contribution in [1.82, 2.24) is 5.06 Å². The van der Waals surface area contributed by atoms with Crippen molar-refractivity contribution in [3.05, 3.63) is 29.8 Å². The Hall–Kier alpha value is -2.28. The summed E-state index contributed by atoms with van der Waals surface area (Å²) in [6, 6.07) is 8.26. The molecule has 0 aromatic heterocycles. The number of hydrogen-bond acceptors (Lipinski definition) is 7. The fourth-order valence-corrected chi connectivity index (χ4v) is 3.56. The number of hydroxylamine groups is 2. The molecular weight excluding hydrogens is 342 g/mol. The number of rotatable bonds is 6. The summed E-state index contributed by atoms with van der Waals surface area (Å²) in [5, 5.41) is 1.65. The van der Waals surface area contributed by atoms with E-state index in [0.29, 0.717) is 13.2 Å². The highest BCUT2D eigenvalue weighted by Gasteiger charge is 2.44. The molecule has 1 fully saturated rings. The molecule has 1 spiro atoms. The van der Waals surface area contributed by atoms with E-state index in [0.717, 1.165) is 37.9 Å². The van der Waals surface area contributed by atoms with Crippen LogP contribution in [0.1, 0.15) is 58.4 Å². The summed E-state index contributed by atoms with van der Waals surface area (Å²) in [7, 11) is 0. The second kappa shape index (κ2) is 7.76. The number of guanidine groups is 2. The molecule has 7 nitrogen and oxygen atoms in total. The van der Waals surface area contributed by atoms with Gasteiger partial charge in [-0.2, -0.15) is 10.1 Å². The first kappa shape index (κ1) is 19.5. The van der Waals surface area contributed by atoms with Crippen molar-refractivity contribution in [1.29, 1.82) is 0 Å². The molecule has 1 aliphatic heterocycles. The predicted octanol–water partition coefficient (Wildman–Crippen LogP) is 2.90. The van der Waals surface area contributed by atoms with Crippen LogP contribution in [0.3, 0.4) is 0 Å². The molecule has 0 atom stereocenters. The number of aliphatic imine (C=N–C) groups is 2. The van der Waals surface area contributed by atoms with Crippen LogP contribution in [0.5, 0.6) is 5.75 Å². The van der Waals surface area contributed by atoms with Crippen molar-refractivity contribution in [2.24, 2.45) is 21.5 Å². The van der Waals surface area contributed by atoms with Crippen molar-refractivity contribution >= 4 is 11.9 Å². The molecule has 3 rings (SSSR count). The molecule has 1 aromatic rings. The smallest absolute Gasteiger partial charge is 0.226 e. The zero-order valence-electron chi connectivity index (χ0n) is 16.6. The van der Waals surface area contributed by atoms with E-state index in [-0.39, 0.29) is 17.3 Å². The van der Waals surface area contributed by atoms with Crippen LogP contribution >= 0.6 is 0 Å². The first-order valence-electron chi connectivity index (χ1n) is 9.66. The van der Waals surface area contributed by atoms with Gasteiger partial charge in [-0.25, -0.2) is 4.99 Å². The van der Waals surface area contributed by atoms with Crippen LogP contribution in [0.2, 0.25) is 0 Å². The van der Waals surface area contributed by atoms with Gasteiger partial charge in [-0.05, 0) is 48.8 Å². The van der Waals surface area contributed by atoms with Crippen molar-refractivity contribution in [2.45, 2.75) is 64.0 Å². The van der Waals surface area contributed by atoms with E-state index in [1.54, 1.807) is 5.06 Å². The molecule has 1 aliphatic carbocycles.